The van der Waals surface area contributed by atoms with Gasteiger partial charge in [0.2, 0.25) is 0 Å². The number of rotatable bonds is 6. The zero-order valence-electron chi connectivity index (χ0n) is 8.45. The van der Waals surface area contributed by atoms with Crippen LogP contribution in [0.1, 0.15) is 13.8 Å². The number of hydrogen-bond donors (Lipinski definition) is 0. The highest BCUT2D eigenvalue weighted by molar-refractivity contribution is 7.48. The molecule has 0 spiro atoms. The van der Waals surface area contributed by atoms with Crippen LogP contribution in [0.5, 0.6) is 0 Å². The van der Waals surface area contributed by atoms with E-state index in [0.717, 1.165) is 0 Å². The molecule has 0 amide bonds. The van der Waals surface area contributed by atoms with Crippen molar-refractivity contribution < 1.29 is 35.8 Å². The second kappa shape index (κ2) is 6.17. The lowest BCUT2D eigenvalue weighted by Gasteiger charge is -2.12. The minimum atomic E-state index is -5.30. The zero-order chi connectivity index (χ0) is 12.8. The van der Waals surface area contributed by atoms with Gasteiger partial charge in [0.15, 0.2) is 0 Å². The molecule has 0 aromatic rings. The molecule has 0 aromatic heterocycles. The number of halogens is 4. The molecule has 0 N–H and O–H groups in total. The fraction of sp³-hybridized carbons (Fsp3) is 0.833. The first kappa shape index (κ1) is 15.3. The maximum Gasteiger partial charge on any atom is 0.550 e. The van der Waals surface area contributed by atoms with Crippen LogP contribution in [0.4, 0.5) is 17.6 Å². The molecule has 0 aliphatic heterocycles. The molecular formula is C6H10F4NO4P. The number of oxime groups is 1. The Morgan fingerprint density at radius 1 is 1.25 bits per heavy atom. The van der Waals surface area contributed by atoms with E-state index < -0.39 is 20.0 Å². The van der Waals surface area contributed by atoms with Crippen LogP contribution < -0.4 is 0 Å². The van der Waals surface area contributed by atoms with Crippen LogP contribution in [0, 0.1) is 0 Å². The van der Waals surface area contributed by atoms with Gasteiger partial charge < -0.3 is 0 Å². The van der Waals surface area contributed by atoms with Gasteiger partial charge in [-0.3, -0.25) is 13.7 Å². The molecule has 0 rings (SSSR count). The van der Waals surface area contributed by atoms with Gasteiger partial charge >= 0.3 is 20.0 Å². The number of alkyl halides is 3. The summed E-state index contributed by atoms with van der Waals surface area (Å²) in [6, 6.07) is 0. The van der Waals surface area contributed by atoms with Crippen molar-refractivity contribution in [3.63, 3.8) is 0 Å². The Labute approximate surface area is 89.0 Å². The van der Waals surface area contributed by atoms with E-state index in [4.69, 9.17) is 0 Å². The van der Waals surface area contributed by atoms with Crippen molar-refractivity contribution in [2.45, 2.75) is 20.0 Å². The predicted molar refractivity (Wildman–Crippen MR) is 46.5 cm³/mol. The molecule has 5 nitrogen and oxygen atoms in total. The van der Waals surface area contributed by atoms with Gasteiger partial charge in [0.1, 0.15) is 0 Å². The summed E-state index contributed by atoms with van der Waals surface area (Å²) in [5.74, 6) is -2.77. The molecule has 0 atom stereocenters. The van der Waals surface area contributed by atoms with Crippen molar-refractivity contribution in [1.82, 2.24) is 0 Å². The Morgan fingerprint density at radius 2 is 1.69 bits per heavy atom. The summed E-state index contributed by atoms with van der Waals surface area (Å²) < 4.78 is 71.1. The van der Waals surface area contributed by atoms with E-state index in [0.29, 0.717) is 0 Å². The summed E-state index contributed by atoms with van der Waals surface area (Å²) in [6.07, 6.45) is -5.30. The molecule has 0 radical (unpaired) electrons. The Morgan fingerprint density at radius 3 is 2.00 bits per heavy atom. The smallest absolute Gasteiger partial charge is 0.289 e. The fourth-order valence-corrected chi connectivity index (χ4v) is 1.51. The minimum absolute atomic E-state index is 0.152. The second-order valence-electron chi connectivity index (χ2n) is 2.24. The molecule has 0 unspecified atom stereocenters. The van der Waals surface area contributed by atoms with E-state index in [-0.39, 0.29) is 13.2 Å². The van der Waals surface area contributed by atoms with E-state index in [1.54, 1.807) is 0 Å². The van der Waals surface area contributed by atoms with Gasteiger partial charge in [-0.2, -0.15) is 17.6 Å². The van der Waals surface area contributed by atoms with Crippen LogP contribution in [0.2, 0.25) is 0 Å². The van der Waals surface area contributed by atoms with E-state index in [9.17, 15) is 22.1 Å². The van der Waals surface area contributed by atoms with Gasteiger partial charge in [-0.1, -0.05) is 0 Å². The number of phosphoric acid groups is 1. The average molecular weight is 267 g/mol. The van der Waals surface area contributed by atoms with Gasteiger partial charge in [-0.25, -0.2) is 4.57 Å². The highest BCUT2D eigenvalue weighted by Gasteiger charge is 2.39. The van der Waals surface area contributed by atoms with Gasteiger partial charge in [-0.15, -0.1) is 0 Å². The first-order valence-electron chi connectivity index (χ1n) is 4.13. The topological polar surface area (TPSA) is 57.1 Å². The largest absolute Gasteiger partial charge is 0.550 e. The molecule has 16 heavy (non-hydrogen) atoms. The number of hydrogen-bond acceptors (Lipinski definition) is 5. The number of nitrogens with zero attached hydrogens (tertiary/aromatic N) is 1. The van der Waals surface area contributed by atoms with Crippen LogP contribution in [-0.4, -0.2) is 25.4 Å². The van der Waals surface area contributed by atoms with Gasteiger partial charge in [0.25, 0.3) is 0 Å². The summed E-state index contributed by atoms with van der Waals surface area (Å²) in [4.78, 5) is 0. The monoisotopic (exact) mass is 267 g/mol. The first-order chi connectivity index (χ1) is 7.25. The van der Waals surface area contributed by atoms with Crippen LogP contribution in [-0.2, 0) is 18.2 Å². The van der Waals surface area contributed by atoms with Crippen LogP contribution in [0.25, 0.3) is 0 Å². The van der Waals surface area contributed by atoms with E-state index in [1.807, 2.05) is 5.16 Å². The zero-order valence-corrected chi connectivity index (χ0v) is 9.35. The second-order valence-corrected chi connectivity index (χ2v) is 3.82. The Hall–Kier alpha value is -0.660. The van der Waals surface area contributed by atoms with Crippen LogP contribution in [0.15, 0.2) is 5.16 Å². The molecule has 0 saturated carbocycles. The lowest BCUT2D eigenvalue weighted by Crippen LogP contribution is -2.18. The predicted octanol–water partition coefficient (Wildman–Crippen LogP) is 3.03. The van der Waals surface area contributed by atoms with E-state index >= 15 is 0 Å². The third-order valence-electron chi connectivity index (χ3n) is 1.03. The molecule has 0 aliphatic rings. The standard InChI is InChI=1S/C6H10F4NO4P/c1-3-13-16(12,14-4-2)15-11-5(7)6(8,9)10/h3-4H2,1-2H3/b11-5-. The first-order valence-corrected chi connectivity index (χ1v) is 5.59. The van der Waals surface area contributed by atoms with E-state index in [2.05, 4.69) is 13.7 Å². The van der Waals surface area contributed by atoms with Gasteiger partial charge in [0, 0.05) is 0 Å². The number of phosphoric ester groups is 1. The third-order valence-corrected chi connectivity index (χ3v) is 2.46. The quantitative estimate of drug-likeness (QED) is 0.321. The summed E-state index contributed by atoms with van der Waals surface area (Å²) in [5, 5.41) is 2.02. The Bertz CT molecular complexity index is 283. The average Bonchev–Trinajstić information content (AvgIpc) is 2.13. The highest BCUT2D eigenvalue weighted by atomic mass is 31.2. The Balaban J connectivity index is 4.60. The molecule has 96 valence electrons. The molecule has 0 heterocycles. The fourth-order valence-electron chi connectivity index (χ4n) is 0.538. The van der Waals surface area contributed by atoms with Crippen molar-refractivity contribution in [3.05, 3.63) is 0 Å². The highest BCUT2D eigenvalue weighted by Crippen LogP contribution is 2.49. The van der Waals surface area contributed by atoms with Crippen molar-refractivity contribution in [2.75, 3.05) is 13.2 Å². The molecule has 0 aromatic carbocycles. The van der Waals surface area contributed by atoms with Gasteiger partial charge in [-0.05, 0) is 19.0 Å². The molecule has 0 fully saturated rings. The van der Waals surface area contributed by atoms with E-state index in [1.165, 1.54) is 13.8 Å². The van der Waals surface area contributed by atoms with Crippen LogP contribution in [0.3, 0.4) is 0 Å². The maximum absolute atomic E-state index is 12.2. The maximum atomic E-state index is 12.2. The third kappa shape index (κ3) is 5.43. The molecular weight excluding hydrogens is 257 g/mol. The lowest BCUT2D eigenvalue weighted by atomic mass is 10.7. The lowest BCUT2D eigenvalue weighted by molar-refractivity contribution is -0.0698. The van der Waals surface area contributed by atoms with Crippen molar-refractivity contribution in [2.24, 2.45) is 5.16 Å². The summed E-state index contributed by atoms with van der Waals surface area (Å²) in [5.41, 5.74) is 0. The van der Waals surface area contributed by atoms with Crippen molar-refractivity contribution >= 4 is 13.8 Å². The van der Waals surface area contributed by atoms with Gasteiger partial charge in [0.05, 0.1) is 13.2 Å². The SMILES string of the molecule is CCOP(=O)(OCC)O/N=C(\F)C(F)(F)F. The summed E-state index contributed by atoms with van der Waals surface area (Å²) >= 11 is 0. The molecule has 10 heteroatoms. The van der Waals surface area contributed by atoms with Crippen molar-refractivity contribution in [3.8, 4) is 0 Å². The molecule has 0 aliphatic carbocycles. The van der Waals surface area contributed by atoms with Crippen molar-refractivity contribution in [1.29, 1.82) is 0 Å². The molecule has 0 bridgehead atoms. The minimum Gasteiger partial charge on any atom is -0.289 e. The molecule has 0 saturated heterocycles. The Kier molecular flexibility index (Phi) is 5.91. The summed E-state index contributed by atoms with van der Waals surface area (Å²) in [7, 11) is -4.27. The van der Waals surface area contributed by atoms with Crippen LogP contribution >= 0.6 is 7.82 Å². The normalized spacial score (nSPS) is 14.0. The summed E-state index contributed by atoms with van der Waals surface area (Å²) in [6.45, 7) is 2.50.